The minimum Gasteiger partial charge on any atom is -0.465 e. The molecular weight excluding hydrogens is 257 g/mol. The van der Waals surface area contributed by atoms with Gasteiger partial charge in [-0.25, -0.2) is 0 Å². The minimum atomic E-state index is -4.10. The van der Waals surface area contributed by atoms with Crippen molar-refractivity contribution in [2.24, 2.45) is 11.7 Å². The van der Waals surface area contributed by atoms with Gasteiger partial charge in [0.15, 0.2) is 0 Å². The van der Waals surface area contributed by atoms with Crippen LogP contribution in [0.25, 0.3) is 0 Å². The molecule has 0 bridgehead atoms. The van der Waals surface area contributed by atoms with E-state index in [1.807, 2.05) is 13.0 Å². The molecule has 1 aromatic heterocycles. The van der Waals surface area contributed by atoms with Crippen molar-refractivity contribution in [3.8, 4) is 0 Å². The van der Waals surface area contributed by atoms with Gasteiger partial charge < -0.3 is 10.2 Å². The van der Waals surface area contributed by atoms with Gasteiger partial charge in [0.1, 0.15) is 11.5 Å². The Morgan fingerprint density at radius 3 is 2.79 bits per heavy atom. The third-order valence-electron chi connectivity index (χ3n) is 3.64. The summed E-state index contributed by atoms with van der Waals surface area (Å²) in [5.41, 5.74) is 6.47. The lowest BCUT2D eigenvalue weighted by Crippen LogP contribution is -2.41. The van der Waals surface area contributed by atoms with Crippen molar-refractivity contribution in [2.75, 3.05) is 13.1 Å². The predicted molar refractivity (Wildman–Crippen MR) is 65.4 cm³/mol. The fourth-order valence-electron chi connectivity index (χ4n) is 2.55. The van der Waals surface area contributed by atoms with E-state index in [-0.39, 0.29) is 13.0 Å². The Bertz CT molecular complexity index is 428. The average Bonchev–Trinajstić information content (AvgIpc) is 2.68. The molecule has 0 aromatic carbocycles. The van der Waals surface area contributed by atoms with Crippen molar-refractivity contribution in [3.63, 3.8) is 0 Å². The van der Waals surface area contributed by atoms with Gasteiger partial charge >= 0.3 is 6.18 Å². The Hall–Kier alpha value is -1.01. The highest BCUT2D eigenvalue weighted by molar-refractivity contribution is 5.20. The number of aryl methyl sites for hydroxylation is 1. The molecule has 0 saturated carbocycles. The van der Waals surface area contributed by atoms with E-state index < -0.39 is 12.1 Å². The molecule has 1 aliphatic heterocycles. The Balaban J connectivity index is 1.98. The SMILES string of the molecule is Cc1oc(CN2CCCC(C(F)(F)F)C2)cc1CN. The van der Waals surface area contributed by atoms with Crippen LogP contribution in [0.5, 0.6) is 0 Å². The van der Waals surface area contributed by atoms with Gasteiger partial charge in [0, 0.05) is 18.7 Å². The van der Waals surface area contributed by atoms with Gasteiger partial charge in [-0.3, -0.25) is 4.90 Å². The highest BCUT2D eigenvalue weighted by Crippen LogP contribution is 2.33. The van der Waals surface area contributed by atoms with E-state index in [1.165, 1.54) is 0 Å². The number of hydrogen-bond acceptors (Lipinski definition) is 3. The molecule has 2 rings (SSSR count). The highest BCUT2D eigenvalue weighted by atomic mass is 19.4. The average molecular weight is 276 g/mol. The third-order valence-corrected chi connectivity index (χ3v) is 3.64. The first kappa shape index (κ1) is 14.4. The largest absolute Gasteiger partial charge is 0.465 e. The number of nitrogens with two attached hydrogens (primary N) is 1. The molecule has 1 unspecified atom stereocenters. The molecule has 2 N–H and O–H groups in total. The topological polar surface area (TPSA) is 42.4 Å². The van der Waals surface area contributed by atoms with Crippen LogP contribution < -0.4 is 5.73 Å². The number of furan rings is 1. The van der Waals surface area contributed by atoms with Crippen molar-refractivity contribution in [1.82, 2.24) is 4.90 Å². The van der Waals surface area contributed by atoms with Crippen LogP contribution in [-0.4, -0.2) is 24.2 Å². The molecule has 2 heterocycles. The van der Waals surface area contributed by atoms with E-state index in [0.717, 1.165) is 11.3 Å². The first-order valence-corrected chi connectivity index (χ1v) is 6.47. The van der Waals surface area contributed by atoms with Gasteiger partial charge in [-0.15, -0.1) is 0 Å². The van der Waals surface area contributed by atoms with E-state index in [2.05, 4.69) is 0 Å². The van der Waals surface area contributed by atoms with Crippen molar-refractivity contribution in [3.05, 3.63) is 23.2 Å². The minimum absolute atomic E-state index is 0.0568. The maximum absolute atomic E-state index is 12.7. The summed E-state index contributed by atoms with van der Waals surface area (Å²) >= 11 is 0. The molecule has 0 amide bonds. The summed E-state index contributed by atoms with van der Waals surface area (Å²) < 4.78 is 43.7. The molecule has 0 spiro atoms. The number of nitrogens with zero attached hydrogens (tertiary/aromatic N) is 1. The molecule has 1 aromatic rings. The van der Waals surface area contributed by atoms with Gasteiger partial charge in [-0.05, 0) is 32.4 Å². The van der Waals surface area contributed by atoms with E-state index in [0.29, 0.717) is 31.8 Å². The molecule has 1 aliphatic rings. The lowest BCUT2D eigenvalue weighted by atomic mass is 9.97. The number of rotatable bonds is 3. The standard InChI is InChI=1S/C13H19F3N2O/c1-9-10(6-17)5-12(19-9)8-18-4-2-3-11(7-18)13(14,15)16/h5,11H,2-4,6-8,17H2,1H3. The second kappa shape index (κ2) is 5.54. The number of piperidine rings is 1. The fourth-order valence-corrected chi connectivity index (χ4v) is 2.55. The Morgan fingerprint density at radius 1 is 1.47 bits per heavy atom. The van der Waals surface area contributed by atoms with Crippen molar-refractivity contribution in [2.45, 2.75) is 39.0 Å². The van der Waals surface area contributed by atoms with Gasteiger partial charge in [-0.2, -0.15) is 13.2 Å². The van der Waals surface area contributed by atoms with Gasteiger partial charge in [0.25, 0.3) is 0 Å². The second-order valence-electron chi connectivity index (χ2n) is 5.11. The van der Waals surface area contributed by atoms with E-state index in [4.69, 9.17) is 10.2 Å². The van der Waals surface area contributed by atoms with Crippen LogP contribution >= 0.6 is 0 Å². The maximum atomic E-state index is 12.7. The molecule has 19 heavy (non-hydrogen) atoms. The van der Waals surface area contributed by atoms with Crippen LogP contribution in [0, 0.1) is 12.8 Å². The van der Waals surface area contributed by atoms with Gasteiger partial charge in [-0.1, -0.05) is 0 Å². The van der Waals surface area contributed by atoms with Crippen molar-refractivity contribution in [1.29, 1.82) is 0 Å². The Kier molecular flexibility index (Phi) is 4.20. The molecule has 1 atom stereocenters. The zero-order chi connectivity index (χ0) is 14.0. The van der Waals surface area contributed by atoms with Crippen molar-refractivity contribution < 1.29 is 17.6 Å². The summed E-state index contributed by atoms with van der Waals surface area (Å²) in [7, 11) is 0. The number of alkyl halides is 3. The molecule has 3 nitrogen and oxygen atoms in total. The van der Waals surface area contributed by atoms with E-state index in [9.17, 15) is 13.2 Å². The summed E-state index contributed by atoms with van der Waals surface area (Å²) in [6.07, 6.45) is -3.29. The number of hydrogen-bond donors (Lipinski definition) is 1. The van der Waals surface area contributed by atoms with Crippen LogP contribution in [0.1, 0.15) is 29.9 Å². The monoisotopic (exact) mass is 276 g/mol. The van der Waals surface area contributed by atoms with Crippen LogP contribution in [-0.2, 0) is 13.1 Å². The van der Waals surface area contributed by atoms with Crippen LogP contribution in [0.3, 0.4) is 0 Å². The van der Waals surface area contributed by atoms with Crippen LogP contribution in [0.4, 0.5) is 13.2 Å². The Morgan fingerprint density at radius 2 is 2.21 bits per heavy atom. The third kappa shape index (κ3) is 3.51. The van der Waals surface area contributed by atoms with E-state index >= 15 is 0 Å². The highest BCUT2D eigenvalue weighted by Gasteiger charge is 2.41. The lowest BCUT2D eigenvalue weighted by molar-refractivity contribution is -0.187. The van der Waals surface area contributed by atoms with Crippen molar-refractivity contribution >= 4 is 0 Å². The Labute approximate surface area is 110 Å². The molecule has 1 fully saturated rings. The molecule has 0 radical (unpaired) electrons. The molecule has 1 saturated heterocycles. The maximum Gasteiger partial charge on any atom is 0.393 e. The molecule has 108 valence electrons. The van der Waals surface area contributed by atoms with Crippen LogP contribution in [0.2, 0.25) is 0 Å². The summed E-state index contributed by atoms with van der Waals surface area (Å²) in [6.45, 7) is 3.37. The quantitative estimate of drug-likeness (QED) is 0.923. The molecule has 6 heteroatoms. The zero-order valence-corrected chi connectivity index (χ0v) is 11.0. The van der Waals surface area contributed by atoms with E-state index in [1.54, 1.807) is 4.90 Å². The summed E-state index contributed by atoms with van der Waals surface area (Å²) in [5, 5.41) is 0. The number of likely N-dealkylation sites (tertiary alicyclic amines) is 1. The molecular formula is C13H19F3N2O. The fraction of sp³-hybridized carbons (Fsp3) is 0.692. The first-order chi connectivity index (χ1) is 8.90. The van der Waals surface area contributed by atoms with Gasteiger partial charge in [0.2, 0.25) is 0 Å². The predicted octanol–water partition coefficient (Wildman–Crippen LogP) is 2.82. The van der Waals surface area contributed by atoms with Gasteiger partial charge in [0.05, 0.1) is 12.5 Å². The smallest absolute Gasteiger partial charge is 0.393 e. The molecule has 0 aliphatic carbocycles. The second-order valence-corrected chi connectivity index (χ2v) is 5.11. The number of halogens is 3. The van der Waals surface area contributed by atoms with Crippen LogP contribution in [0.15, 0.2) is 10.5 Å². The normalized spacial score (nSPS) is 21.8. The summed E-state index contributed by atoms with van der Waals surface area (Å²) in [6, 6.07) is 1.84. The zero-order valence-electron chi connectivity index (χ0n) is 11.0. The lowest BCUT2D eigenvalue weighted by Gasteiger charge is -2.33. The summed E-state index contributed by atoms with van der Waals surface area (Å²) in [5.74, 6) is 0.231. The summed E-state index contributed by atoms with van der Waals surface area (Å²) in [4.78, 5) is 1.81. The first-order valence-electron chi connectivity index (χ1n) is 6.47.